The molecule has 0 saturated heterocycles. The lowest BCUT2D eigenvalue weighted by atomic mass is 10.2. The van der Waals surface area contributed by atoms with Crippen LogP contribution in [-0.2, 0) is 23.6 Å². The van der Waals surface area contributed by atoms with Crippen molar-refractivity contribution in [1.82, 2.24) is 14.2 Å². The molecule has 8 nitrogen and oxygen atoms in total. The van der Waals surface area contributed by atoms with Crippen molar-refractivity contribution in [2.24, 2.45) is 7.05 Å². The Morgan fingerprint density at radius 2 is 1.84 bits per heavy atom. The van der Waals surface area contributed by atoms with E-state index in [1.54, 1.807) is 43.0 Å². The van der Waals surface area contributed by atoms with Crippen molar-refractivity contribution in [2.45, 2.75) is 18.4 Å². The fraction of sp³-hybridized carbons (Fsp3) is 0.318. The van der Waals surface area contributed by atoms with Crippen LogP contribution >= 0.6 is 0 Å². The van der Waals surface area contributed by atoms with Crippen LogP contribution in [0.3, 0.4) is 0 Å². The van der Waals surface area contributed by atoms with Gasteiger partial charge in [0.2, 0.25) is 10.0 Å². The van der Waals surface area contributed by atoms with Crippen LogP contribution in [0.25, 0.3) is 10.9 Å². The fourth-order valence-electron chi connectivity index (χ4n) is 3.29. The summed E-state index contributed by atoms with van der Waals surface area (Å²) >= 11 is 0. The van der Waals surface area contributed by atoms with Crippen LogP contribution < -0.4 is 14.8 Å². The van der Waals surface area contributed by atoms with Crippen LogP contribution in [-0.4, -0.2) is 51.0 Å². The SMILES string of the molecule is CCOc1ccc(CNC(=O)c2cc3cc(S(=O)(=O)N(C)C)ccc3n2C)cc1OC. The smallest absolute Gasteiger partial charge is 0.268 e. The average molecular weight is 446 g/mol. The Morgan fingerprint density at radius 3 is 2.48 bits per heavy atom. The molecular weight excluding hydrogens is 418 g/mol. The molecule has 0 atom stereocenters. The van der Waals surface area contributed by atoms with E-state index in [0.717, 1.165) is 15.4 Å². The number of amides is 1. The molecule has 3 rings (SSSR count). The number of ether oxygens (including phenoxy) is 2. The van der Waals surface area contributed by atoms with E-state index in [2.05, 4.69) is 5.32 Å². The number of hydrogen-bond acceptors (Lipinski definition) is 5. The summed E-state index contributed by atoms with van der Waals surface area (Å²) in [5.74, 6) is 0.994. The van der Waals surface area contributed by atoms with Gasteiger partial charge in [-0.3, -0.25) is 4.79 Å². The highest BCUT2D eigenvalue weighted by Crippen LogP contribution is 2.28. The van der Waals surface area contributed by atoms with E-state index >= 15 is 0 Å². The third-order valence-electron chi connectivity index (χ3n) is 5.01. The van der Waals surface area contributed by atoms with E-state index in [1.807, 2.05) is 25.1 Å². The molecule has 0 unspecified atom stereocenters. The topological polar surface area (TPSA) is 89.9 Å². The molecule has 2 aromatic carbocycles. The number of benzene rings is 2. The maximum Gasteiger partial charge on any atom is 0.268 e. The number of methoxy groups -OCH3 is 1. The van der Waals surface area contributed by atoms with Gasteiger partial charge in [0.15, 0.2) is 11.5 Å². The number of carbonyl (C=O) groups excluding carboxylic acids is 1. The molecular formula is C22H27N3O5S. The van der Waals surface area contributed by atoms with Crippen LogP contribution in [0.4, 0.5) is 0 Å². The number of nitrogens with one attached hydrogen (secondary N) is 1. The van der Waals surface area contributed by atoms with E-state index in [4.69, 9.17) is 9.47 Å². The van der Waals surface area contributed by atoms with E-state index in [0.29, 0.717) is 35.7 Å². The average Bonchev–Trinajstić information content (AvgIpc) is 3.08. The predicted octanol–water partition coefficient (Wildman–Crippen LogP) is 2.77. The predicted molar refractivity (Wildman–Crippen MR) is 119 cm³/mol. The number of aryl methyl sites for hydroxylation is 1. The van der Waals surface area contributed by atoms with Gasteiger partial charge in [-0.25, -0.2) is 12.7 Å². The minimum absolute atomic E-state index is 0.184. The van der Waals surface area contributed by atoms with Crippen molar-refractivity contribution in [1.29, 1.82) is 0 Å². The zero-order chi connectivity index (χ0) is 22.8. The molecule has 166 valence electrons. The highest BCUT2D eigenvalue weighted by atomic mass is 32.2. The van der Waals surface area contributed by atoms with Crippen molar-refractivity contribution in [3.63, 3.8) is 0 Å². The number of sulfonamides is 1. The highest BCUT2D eigenvalue weighted by Gasteiger charge is 2.20. The van der Waals surface area contributed by atoms with Gasteiger partial charge in [0.05, 0.1) is 18.6 Å². The first kappa shape index (κ1) is 22.6. The van der Waals surface area contributed by atoms with Crippen LogP contribution in [0.1, 0.15) is 23.0 Å². The van der Waals surface area contributed by atoms with Gasteiger partial charge in [0.25, 0.3) is 5.91 Å². The number of hydrogen-bond donors (Lipinski definition) is 1. The molecule has 31 heavy (non-hydrogen) atoms. The van der Waals surface area contributed by atoms with Crippen LogP contribution in [0.15, 0.2) is 47.4 Å². The van der Waals surface area contributed by atoms with Gasteiger partial charge in [-0.1, -0.05) is 6.07 Å². The second-order valence-corrected chi connectivity index (χ2v) is 9.35. The summed E-state index contributed by atoms with van der Waals surface area (Å²) in [6.45, 7) is 2.74. The lowest BCUT2D eigenvalue weighted by molar-refractivity contribution is 0.0943. The molecule has 0 aliphatic rings. The van der Waals surface area contributed by atoms with E-state index in [1.165, 1.54) is 14.1 Å². The van der Waals surface area contributed by atoms with Gasteiger partial charge >= 0.3 is 0 Å². The fourth-order valence-corrected chi connectivity index (χ4v) is 4.22. The van der Waals surface area contributed by atoms with Gasteiger partial charge in [-0.2, -0.15) is 0 Å². The molecule has 0 aliphatic carbocycles. The normalized spacial score (nSPS) is 11.7. The maximum atomic E-state index is 12.8. The maximum absolute atomic E-state index is 12.8. The third-order valence-corrected chi connectivity index (χ3v) is 6.82. The molecule has 1 amide bonds. The van der Waals surface area contributed by atoms with E-state index in [-0.39, 0.29) is 10.8 Å². The largest absolute Gasteiger partial charge is 0.493 e. The van der Waals surface area contributed by atoms with Gasteiger partial charge in [-0.15, -0.1) is 0 Å². The molecule has 0 spiro atoms. The number of aromatic nitrogens is 1. The minimum Gasteiger partial charge on any atom is -0.493 e. The third kappa shape index (κ3) is 4.52. The molecule has 1 aromatic heterocycles. The zero-order valence-electron chi connectivity index (χ0n) is 18.3. The second kappa shape index (κ2) is 8.99. The Hall–Kier alpha value is -3.04. The highest BCUT2D eigenvalue weighted by molar-refractivity contribution is 7.89. The molecule has 9 heteroatoms. The lowest BCUT2D eigenvalue weighted by Gasteiger charge is -2.12. The monoisotopic (exact) mass is 445 g/mol. The summed E-state index contributed by atoms with van der Waals surface area (Å²) < 4.78 is 38.6. The summed E-state index contributed by atoms with van der Waals surface area (Å²) in [5, 5.41) is 3.58. The van der Waals surface area contributed by atoms with Crippen LogP contribution in [0.2, 0.25) is 0 Å². The van der Waals surface area contributed by atoms with Crippen molar-refractivity contribution >= 4 is 26.8 Å². The zero-order valence-corrected chi connectivity index (χ0v) is 19.1. The van der Waals surface area contributed by atoms with Crippen molar-refractivity contribution in [2.75, 3.05) is 27.8 Å². The summed E-state index contributed by atoms with van der Waals surface area (Å²) in [4.78, 5) is 13.0. The first-order valence-corrected chi connectivity index (χ1v) is 11.2. The second-order valence-electron chi connectivity index (χ2n) is 7.20. The van der Waals surface area contributed by atoms with Gasteiger partial charge in [-0.05, 0) is 48.9 Å². The Kier molecular flexibility index (Phi) is 6.56. The molecule has 1 N–H and O–H groups in total. The minimum atomic E-state index is -3.55. The summed E-state index contributed by atoms with van der Waals surface area (Å²) in [7, 11) is 2.76. The quantitative estimate of drug-likeness (QED) is 0.576. The summed E-state index contributed by atoms with van der Waals surface area (Å²) in [6, 6.07) is 12.0. The Labute approximate surface area is 182 Å². The van der Waals surface area contributed by atoms with Crippen LogP contribution in [0, 0.1) is 0 Å². The van der Waals surface area contributed by atoms with Crippen molar-refractivity contribution < 1.29 is 22.7 Å². The molecule has 3 aromatic rings. The number of fused-ring (bicyclic) bond motifs is 1. The first-order valence-electron chi connectivity index (χ1n) is 9.79. The van der Waals surface area contributed by atoms with Gasteiger partial charge in [0, 0.05) is 38.6 Å². The van der Waals surface area contributed by atoms with E-state index < -0.39 is 10.0 Å². The standard InChI is InChI=1S/C22H27N3O5S/c1-6-30-20-10-7-15(11-21(20)29-5)14-23-22(26)19-13-16-12-17(31(27,28)24(2)3)8-9-18(16)25(19)4/h7-13H,6,14H2,1-5H3,(H,23,26). The number of carbonyl (C=O) groups is 1. The number of rotatable bonds is 8. The summed E-state index contributed by atoms with van der Waals surface area (Å²) in [6.07, 6.45) is 0. The molecule has 0 aliphatic heterocycles. The Balaban J connectivity index is 1.82. The molecule has 1 heterocycles. The van der Waals surface area contributed by atoms with Gasteiger partial charge in [0.1, 0.15) is 5.69 Å². The number of nitrogens with zero attached hydrogens (tertiary/aromatic N) is 2. The van der Waals surface area contributed by atoms with Crippen LogP contribution in [0.5, 0.6) is 11.5 Å². The Bertz CT molecular complexity index is 1220. The molecule has 0 bridgehead atoms. The van der Waals surface area contributed by atoms with Crippen molar-refractivity contribution in [3.05, 3.63) is 53.7 Å². The summed E-state index contributed by atoms with van der Waals surface area (Å²) in [5.41, 5.74) is 2.07. The first-order chi connectivity index (χ1) is 14.7. The molecule has 0 fully saturated rings. The molecule has 0 radical (unpaired) electrons. The van der Waals surface area contributed by atoms with E-state index in [9.17, 15) is 13.2 Å². The van der Waals surface area contributed by atoms with Crippen molar-refractivity contribution in [3.8, 4) is 11.5 Å². The molecule has 0 saturated carbocycles. The lowest BCUT2D eigenvalue weighted by Crippen LogP contribution is -2.24. The van der Waals surface area contributed by atoms with Gasteiger partial charge < -0.3 is 19.4 Å². The Morgan fingerprint density at radius 1 is 1.10 bits per heavy atom.